The number of hydrogen-bond acceptors (Lipinski definition) is 6. The fourth-order valence-electron chi connectivity index (χ4n) is 3.14. The topological polar surface area (TPSA) is 51.4 Å². The van der Waals surface area contributed by atoms with Gasteiger partial charge in [0.2, 0.25) is 5.58 Å². The fraction of sp³-hybridized carbons (Fsp3) is 0.412. The molecule has 3 aromatic heterocycles. The van der Waals surface area contributed by atoms with Crippen LogP contribution in [0.25, 0.3) is 22.4 Å². The molecule has 1 fully saturated rings. The molecule has 0 bridgehead atoms. The molecule has 0 aliphatic carbocycles. The molecular weight excluding hydrogens is 310 g/mol. The Balaban J connectivity index is 1.79. The minimum absolute atomic E-state index is 0.358. The summed E-state index contributed by atoms with van der Waals surface area (Å²) in [6.45, 7) is 3.86. The Morgan fingerprint density at radius 2 is 2.17 bits per heavy atom. The number of ether oxygens (including phenoxy) is 1. The van der Waals surface area contributed by atoms with Gasteiger partial charge in [0.05, 0.1) is 17.5 Å². The van der Waals surface area contributed by atoms with E-state index in [2.05, 4.69) is 32.9 Å². The Morgan fingerprint density at radius 3 is 2.87 bits per heavy atom. The maximum Gasteiger partial charge on any atom is 0.208 e. The smallest absolute Gasteiger partial charge is 0.208 e. The van der Waals surface area contributed by atoms with E-state index in [0.29, 0.717) is 6.10 Å². The predicted molar refractivity (Wildman–Crippen MR) is 92.1 cm³/mol. The average Bonchev–Trinajstić information content (AvgIpc) is 3.25. The largest absolute Gasteiger partial charge is 0.381 e. The fourth-order valence-corrected chi connectivity index (χ4v) is 3.79. The van der Waals surface area contributed by atoms with E-state index in [1.807, 2.05) is 6.92 Å². The monoisotopic (exact) mass is 329 g/mol. The Labute approximate surface area is 138 Å². The number of piperidine rings is 1. The zero-order valence-electron chi connectivity index (χ0n) is 13.3. The molecule has 1 aliphatic heterocycles. The Kier molecular flexibility index (Phi) is 3.79. The zero-order chi connectivity index (χ0) is 15.8. The maximum absolute atomic E-state index is 5.58. The zero-order valence-corrected chi connectivity index (χ0v) is 14.1. The Hall–Kier alpha value is -1.92. The van der Waals surface area contributed by atoms with Crippen LogP contribution in [0.15, 0.2) is 27.4 Å². The summed E-state index contributed by atoms with van der Waals surface area (Å²) >= 11 is 1.68. The number of aromatic nitrogens is 2. The van der Waals surface area contributed by atoms with Crippen molar-refractivity contribution in [3.8, 4) is 11.3 Å². The van der Waals surface area contributed by atoms with Crippen molar-refractivity contribution in [1.29, 1.82) is 0 Å². The summed E-state index contributed by atoms with van der Waals surface area (Å²) in [4.78, 5) is 7.12. The van der Waals surface area contributed by atoms with Gasteiger partial charge in [0.15, 0.2) is 0 Å². The van der Waals surface area contributed by atoms with Gasteiger partial charge in [0, 0.05) is 31.1 Å². The summed E-state index contributed by atoms with van der Waals surface area (Å²) in [6, 6.07) is 4.23. The Bertz CT molecular complexity index is 805. The van der Waals surface area contributed by atoms with E-state index in [1.54, 1.807) is 18.4 Å². The first kappa shape index (κ1) is 14.7. The van der Waals surface area contributed by atoms with Crippen LogP contribution in [0.2, 0.25) is 0 Å². The summed E-state index contributed by atoms with van der Waals surface area (Å²) < 4.78 is 11.1. The molecule has 3 aromatic rings. The van der Waals surface area contributed by atoms with E-state index in [9.17, 15) is 0 Å². The number of hydrogen-bond donors (Lipinski definition) is 0. The third-order valence-corrected chi connectivity index (χ3v) is 5.19. The number of anilines is 1. The van der Waals surface area contributed by atoms with Crippen LogP contribution in [0.3, 0.4) is 0 Å². The van der Waals surface area contributed by atoms with E-state index in [4.69, 9.17) is 14.2 Å². The van der Waals surface area contributed by atoms with Gasteiger partial charge in [-0.25, -0.2) is 4.98 Å². The quantitative estimate of drug-likeness (QED) is 0.730. The average molecular weight is 329 g/mol. The highest BCUT2D eigenvalue weighted by Gasteiger charge is 2.24. The molecule has 120 valence electrons. The Morgan fingerprint density at radius 1 is 1.35 bits per heavy atom. The summed E-state index contributed by atoms with van der Waals surface area (Å²) in [5.74, 6) is 0. The first-order valence-electron chi connectivity index (χ1n) is 7.83. The highest BCUT2D eigenvalue weighted by Crippen LogP contribution is 2.34. The third kappa shape index (κ3) is 2.62. The van der Waals surface area contributed by atoms with Crippen LogP contribution in [-0.4, -0.2) is 36.4 Å². The molecule has 0 aromatic carbocycles. The van der Waals surface area contributed by atoms with Crippen molar-refractivity contribution in [3.63, 3.8) is 0 Å². The van der Waals surface area contributed by atoms with Crippen molar-refractivity contribution in [1.82, 2.24) is 10.1 Å². The van der Waals surface area contributed by atoms with Gasteiger partial charge < -0.3 is 14.2 Å². The van der Waals surface area contributed by atoms with Crippen LogP contribution in [-0.2, 0) is 4.74 Å². The molecule has 1 saturated heterocycles. The molecule has 0 radical (unpaired) electrons. The maximum atomic E-state index is 5.58. The number of nitrogens with zero attached hydrogens (tertiary/aromatic N) is 3. The number of methoxy groups -OCH3 is 1. The van der Waals surface area contributed by atoms with Crippen molar-refractivity contribution < 1.29 is 9.26 Å². The number of thiophene rings is 1. The van der Waals surface area contributed by atoms with E-state index in [1.165, 1.54) is 0 Å². The van der Waals surface area contributed by atoms with Gasteiger partial charge >= 0.3 is 0 Å². The van der Waals surface area contributed by atoms with Gasteiger partial charge in [0.1, 0.15) is 11.2 Å². The number of aryl methyl sites for hydroxylation is 1. The second-order valence-electron chi connectivity index (χ2n) is 5.91. The van der Waals surface area contributed by atoms with Gasteiger partial charge in [-0.1, -0.05) is 5.16 Å². The number of rotatable bonds is 3. The molecule has 6 heteroatoms. The highest BCUT2D eigenvalue weighted by atomic mass is 32.1. The lowest BCUT2D eigenvalue weighted by molar-refractivity contribution is 0.0819. The number of fused-ring (bicyclic) bond motifs is 1. The van der Waals surface area contributed by atoms with E-state index >= 15 is 0 Å². The minimum atomic E-state index is 0.358. The lowest BCUT2D eigenvalue weighted by atomic mass is 10.1. The first-order valence-corrected chi connectivity index (χ1v) is 8.78. The van der Waals surface area contributed by atoms with Gasteiger partial charge in [-0.15, -0.1) is 0 Å². The normalized spacial score (nSPS) is 16.3. The van der Waals surface area contributed by atoms with Crippen molar-refractivity contribution in [2.75, 3.05) is 25.1 Å². The van der Waals surface area contributed by atoms with Crippen LogP contribution >= 0.6 is 11.3 Å². The molecule has 4 heterocycles. The minimum Gasteiger partial charge on any atom is -0.381 e. The van der Waals surface area contributed by atoms with Crippen molar-refractivity contribution in [3.05, 3.63) is 28.6 Å². The van der Waals surface area contributed by atoms with Crippen molar-refractivity contribution in [2.24, 2.45) is 0 Å². The highest BCUT2D eigenvalue weighted by molar-refractivity contribution is 7.08. The molecule has 23 heavy (non-hydrogen) atoms. The van der Waals surface area contributed by atoms with Crippen molar-refractivity contribution >= 4 is 28.1 Å². The van der Waals surface area contributed by atoms with Crippen LogP contribution in [0, 0.1) is 6.92 Å². The molecule has 4 rings (SSSR count). The molecule has 0 amide bonds. The molecule has 5 nitrogen and oxygen atoms in total. The van der Waals surface area contributed by atoms with Gasteiger partial charge in [-0.2, -0.15) is 11.3 Å². The predicted octanol–water partition coefficient (Wildman–Crippen LogP) is 3.87. The first-order chi connectivity index (χ1) is 11.3. The van der Waals surface area contributed by atoms with E-state index in [-0.39, 0.29) is 0 Å². The van der Waals surface area contributed by atoms with Crippen LogP contribution in [0.5, 0.6) is 0 Å². The van der Waals surface area contributed by atoms with Gasteiger partial charge in [0.25, 0.3) is 0 Å². The van der Waals surface area contributed by atoms with Crippen LogP contribution in [0.1, 0.15) is 18.5 Å². The SMILES string of the molecule is COC1CCN(c2cc(-c3ccsc3)nc3c(C)noc23)CC1. The molecule has 0 N–H and O–H groups in total. The molecule has 0 spiro atoms. The van der Waals surface area contributed by atoms with Crippen LogP contribution in [0.4, 0.5) is 5.69 Å². The van der Waals surface area contributed by atoms with Gasteiger partial charge in [-0.3, -0.25) is 0 Å². The summed E-state index contributed by atoms with van der Waals surface area (Å²) in [5, 5.41) is 8.32. The van der Waals surface area contributed by atoms with Gasteiger partial charge in [-0.05, 0) is 37.3 Å². The summed E-state index contributed by atoms with van der Waals surface area (Å²) in [7, 11) is 1.79. The molecule has 0 unspecified atom stereocenters. The molecular formula is C17H19N3O2S. The molecule has 0 atom stereocenters. The number of pyridine rings is 1. The van der Waals surface area contributed by atoms with Crippen LogP contribution < -0.4 is 4.90 Å². The summed E-state index contributed by atoms with van der Waals surface area (Å²) in [5.41, 5.74) is 5.70. The standard InChI is InChI=1S/C17H19N3O2S/c1-11-16-17(22-19-11)15(20-6-3-13(21-2)4-7-20)9-14(18-16)12-5-8-23-10-12/h5,8-10,13H,3-4,6-7H2,1-2H3. The second-order valence-corrected chi connectivity index (χ2v) is 6.69. The van der Waals surface area contributed by atoms with E-state index in [0.717, 1.165) is 59.7 Å². The second kappa shape index (κ2) is 5.94. The molecule has 1 aliphatic rings. The van der Waals surface area contributed by atoms with E-state index < -0.39 is 0 Å². The lowest BCUT2D eigenvalue weighted by Gasteiger charge is -2.32. The lowest BCUT2D eigenvalue weighted by Crippen LogP contribution is -2.36. The third-order valence-electron chi connectivity index (χ3n) is 4.50. The van der Waals surface area contributed by atoms with Crippen molar-refractivity contribution in [2.45, 2.75) is 25.9 Å². The summed E-state index contributed by atoms with van der Waals surface area (Å²) in [6.07, 6.45) is 2.42. The molecule has 0 saturated carbocycles.